The zero-order valence-electron chi connectivity index (χ0n) is 27.0. The van der Waals surface area contributed by atoms with Crippen LogP contribution in [0.1, 0.15) is 80.6 Å². The Balaban J connectivity index is -0.000000224. The van der Waals surface area contributed by atoms with Crippen molar-refractivity contribution < 1.29 is 22.7 Å². The Hall–Kier alpha value is -1.81. The average molecular weight is 576 g/mol. The molecule has 0 heterocycles. The Morgan fingerprint density at radius 2 is 1.69 bits per heavy atom. The van der Waals surface area contributed by atoms with Gasteiger partial charge in [-0.25, -0.2) is 0 Å². The average Bonchev–Trinajstić information content (AvgIpc) is 2.88. The smallest absolute Gasteiger partial charge is 0.335 e. The number of nitrogens with zero attached hydrogens (tertiary/aromatic N) is 1. The van der Waals surface area contributed by atoms with Gasteiger partial charge in [-0.2, -0.15) is 8.42 Å². The fraction of sp³-hybridized carbons (Fsp3) is 0.767. The molecule has 0 aromatic heterocycles. The lowest BCUT2D eigenvalue weighted by atomic mass is 9.80. The second kappa shape index (κ2) is 32.4. The predicted molar refractivity (Wildman–Crippen MR) is 167 cm³/mol. The molecule has 0 rings (SSSR count). The van der Waals surface area contributed by atoms with Gasteiger partial charge in [0.2, 0.25) is 5.91 Å². The zero-order valence-corrected chi connectivity index (χ0v) is 27.8. The summed E-state index contributed by atoms with van der Waals surface area (Å²) in [5.74, 6) is 1.09. The summed E-state index contributed by atoms with van der Waals surface area (Å²) in [5, 5.41) is 5.55. The van der Waals surface area contributed by atoms with Gasteiger partial charge < -0.3 is 25.0 Å². The molecule has 1 amide bonds. The molecule has 0 aliphatic heterocycles. The van der Waals surface area contributed by atoms with Crippen molar-refractivity contribution in [3.8, 4) is 0 Å². The number of ether oxygens (including phenoxy) is 2. The minimum Gasteiger partial charge on any atom is -0.497 e. The SMILES string of the molecule is C=C(C=CC(C)C=C(C)C)OC.CCC(C)(CC)CCCCN(C)C.CCNC(=O)COCCNC.O=S=O. The molecule has 0 radical (unpaired) electrons. The molecule has 232 valence electrons. The van der Waals surface area contributed by atoms with Crippen molar-refractivity contribution >= 4 is 17.5 Å². The highest BCUT2D eigenvalue weighted by molar-refractivity contribution is 7.51. The summed E-state index contributed by atoms with van der Waals surface area (Å²) >= 11 is -0.750. The molecular formula is C30H61N3O5S. The summed E-state index contributed by atoms with van der Waals surface area (Å²) in [5.41, 5.74) is 1.93. The molecule has 1 unspecified atom stereocenters. The van der Waals surface area contributed by atoms with Gasteiger partial charge in [-0.3, -0.25) is 4.79 Å². The van der Waals surface area contributed by atoms with Gasteiger partial charge in [-0.1, -0.05) is 71.3 Å². The van der Waals surface area contributed by atoms with Crippen molar-refractivity contribution in [1.82, 2.24) is 15.5 Å². The molecule has 0 aliphatic carbocycles. The monoisotopic (exact) mass is 575 g/mol. The maximum atomic E-state index is 10.7. The van der Waals surface area contributed by atoms with Gasteiger partial charge in [-0.05, 0) is 78.7 Å². The summed E-state index contributed by atoms with van der Waals surface area (Å²) in [6.45, 7) is 22.4. The lowest BCUT2D eigenvalue weighted by Gasteiger charge is -2.26. The van der Waals surface area contributed by atoms with Crippen LogP contribution < -0.4 is 10.6 Å². The van der Waals surface area contributed by atoms with Crippen LogP contribution in [0.4, 0.5) is 0 Å². The summed E-state index contributed by atoms with van der Waals surface area (Å²) < 4.78 is 26.5. The predicted octanol–water partition coefficient (Wildman–Crippen LogP) is 5.54. The van der Waals surface area contributed by atoms with E-state index in [2.05, 4.69) is 89.9 Å². The largest absolute Gasteiger partial charge is 0.497 e. The topological polar surface area (TPSA) is 97.0 Å². The molecule has 0 fully saturated rings. The Bertz CT molecular complexity index is 668. The van der Waals surface area contributed by atoms with E-state index in [4.69, 9.17) is 17.9 Å². The zero-order chi connectivity index (χ0) is 31.1. The molecule has 0 aliphatic rings. The lowest BCUT2D eigenvalue weighted by Crippen LogP contribution is -2.28. The van der Waals surface area contributed by atoms with Gasteiger partial charge in [0.25, 0.3) is 0 Å². The standard InChI is InChI=1S/C12H27N.C11H18O.C7H16N2O2.O2S/c1-6-12(3,7-2)10-8-9-11-13(4)5;1-9(2)8-10(3)6-7-11(4)12-5;1-3-9-7(10)6-11-5-4-8-2;1-3-2/h6-11H2,1-5H3;6-8,10H,4H2,1-3,5H3;8H,3-6H2,1-2H3,(H,9,10);. The Labute approximate surface area is 244 Å². The fourth-order valence-electron chi connectivity index (χ4n) is 3.08. The quantitative estimate of drug-likeness (QED) is 0.102. The molecule has 9 heteroatoms. The minimum atomic E-state index is -0.750. The van der Waals surface area contributed by atoms with Crippen LogP contribution >= 0.6 is 0 Å². The molecule has 0 saturated heterocycles. The number of methoxy groups -OCH3 is 1. The summed E-state index contributed by atoms with van der Waals surface area (Å²) in [6, 6.07) is 0. The van der Waals surface area contributed by atoms with Crippen LogP contribution in [0.3, 0.4) is 0 Å². The molecule has 2 N–H and O–H groups in total. The number of allylic oxidation sites excluding steroid dienone is 4. The maximum absolute atomic E-state index is 10.7. The third-order valence-electron chi connectivity index (χ3n) is 5.89. The van der Waals surface area contributed by atoms with Crippen molar-refractivity contribution in [2.45, 2.75) is 80.6 Å². The van der Waals surface area contributed by atoms with Crippen molar-refractivity contribution in [3.63, 3.8) is 0 Å². The van der Waals surface area contributed by atoms with E-state index >= 15 is 0 Å². The van der Waals surface area contributed by atoms with E-state index in [-0.39, 0.29) is 12.5 Å². The van der Waals surface area contributed by atoms with Gasteiger partial charge in [0, 0.05) is 13.1 Å². The second-order valence-electron chi connectivity index (χ2n) is 10.1. The van der Waals surface area contributed by atoms with E-state index in [0.29, 0.717) is 30.2 Å². The number of carbonyl (C=O) groups is 1. The van der Waals surface area contributed by atoms with Crippen LogP contribution in [-0.2, 0) is 25.8 Å². The molecule has 8 nitrogen and oxygen atoms in total. The molecule has 1 atom stereocenters. The van der Waals surface area contributed by atoms with Crippen LogP contribution in [0.25, 0.3) is 0 Å². The first kappa shape index (κ1) is 44.2. The van der Waals surface area contributed by atoms with Crippen LogP contribution in [0.5, 0.6) is 0 Å². The highest BCUT2D eigenvalue weighted by atomic mass is 32.1. The number of hydrogen-bond donors (Lipinski definition) is 2. The summed E-state index contributed by atoms with van der Waals surface area (Å²) in [7, 11) is 7.77. The van der Waals surface area contributed by atoms with Crippen molar-refractivity contribution in [1.29, 1.82) is 0 Å². The van der Waals surface area contributed by atoms with Gasteiger partial charge in [0.1, 0.15) is 12.4 Å². The van der Waals surface area contributed by atoms with Crippen molar-refractivity contribution in [3.05, 3.63) is 36.1 Å². The first-order valence-corrected chi connectivity index (χ1v) is 14.6. The van der Waals surface area contributed by atoms with Crippen LogP contribution in [0.15, 0.2) is 36.1 Å². The molecule has 0 spiro atoms. The highest BCUT2D eigenvalue weighted by Crippen LogP contribution is 2.31. The van der Waals surface area contributed by atoms with Crippen molar-refractivity contribution in [2.24, 2.45) is 11.3 Å². The maximum Gasteiger partial charge on any atom is 0.335 e. The number of unbranched alkanes of at least 4 members (excludes halogenated alkanes) is 1. The van der Waals surface area contributed by atoms with Crippen molar-refractivity contribution in [2.75, 3.05) is 61.1 Å². The van der Waals surface area contributed by atoms with Gasteiger partial charge in [-0.15, -0.1) is 0 Å². The van der Waals surface area contributed by atoms with Gasteiger partial charge >= 0.3 is 11.6 Å². The third-order valence-corrected chi connectivity index (χ3v) is 5.89. The highest BCUT2D eigenvalue weighted by Gasteiger charge is 2.18. The third kappa shape index (κ3) is 40.8. The first-order chi connectivity index (χ1) is 18.3. The second-order valence-corrected chi connectivity index (χ2v) is 10.2. The molecule has 39 heavy (non-hydrogen) atoms. The van der Waals surface area contributed by atoms with E-state index in [9.17, 15) is 4.79 Å². The number of carbonyl (C=O) groups excluding carboxylic acids is 1. The van der Waals surface area contributed by atoms with E-state index in [1.165, 1.54) is 44.2 Å². The van der Waals surface area contributed by atoms with Crippen LogP contribution in [0.2, 0.25) is 0 Å². The summed E-state index contributed by atoms with van der Waals surface area (Å²) in [4.78, 5) is 13.0. The van der Waals surface area contributed by atoms with Crippen LogP contribution in [0, 0.1) is 11.3 Å². The Morgan fingerprint density at radius 1 is 1.13 bits per heavy atom. The number of amides is 1. The van der Waals surface area contributed by atoms with Gasteiger partial charge in [0.15, 0.2) is 0 Å². The Kier molecular flexibility index (Phi) is 36.7. The molecule has 0 aromatic carbocycles. The van der Waals surface area contributed by atoms with Gasteiger partial charge in [0.05, 0.1) is 13.7 Å². The molecule has 0 aromatic rings. The molecule has 0 saturated carbocycles. The number of likely N-dealkylation sites (N-methyl/N-ethyl adjacent to an activating group) is 2. The normalized spacial score (nSPS) is 11.1. The minimum absolute atomic E-state index is 0.0522. The summed E-state index contributed by atoms with van der Waals surface area (Å²) in [6.07, 6.45) is 12.9. The first-order valence-electron chi connectivity index (χ1n) is 13.9. The fourth-order valence-corrected chi connectivity index (χ4v) is 3.08. The molecular weight excluding hydrogens is 514 g/mol. The van der Waals surface area contributed by atoms with E-state index in [1.807, 2.05) is 20.0 Å². The number of rotatable bonds is 17. The molecule has 0 bridgehead atoms. The van der Waals surface area contributed by atoms with E-state index < -0.39 is 11.6 Å². The number of hydrogen-bond acceptors (Lipinski definition) is 7. The lowest BCUT2D eigenvalue weighted by molar-refractivity contribution is -0.125. The van der Waals surface area contributed by atoms with E-state index in [0.717, 1.165) is 6.54 Å². The van der Waals surface area contributed by atoms with Crippen LogP contribution in [-0.4, -0.2) is 80.3 Å². The van der Waals surface area contributed by atoms with E-state index in [1.54, 1.807) is 7.11 Å². The Morgan fingerprint density at radius 3 is 2.10 bits per heavy atom. The number of nitrogens with one attached hydrogen (secondary N) is 2.